The van der Waals surface area contributed by atoms with E-state index in [1.807, 2.05) is 0 Å². The molecular formula is C14H21Cl2F2IN4O3S. The molecule has 1 aromatic carbocycles. The first-order valence-corrected chi connectivity index (χ1v) is 10.1. The first-order valence-electron chi connectivity index (χ1n) is 7.44. The number of benzene rings is 1. The fourth-order valence-corrected chi connectivity index (χ4v) is 3.01. The molecule has 1 rings (SSSR count). The second kappa shape index (κ2) is 12.8. The topological polar surface area (TPSA) is 91.8 Å². The van der Waals surface area contributed by atoms with E-state index in [4.69, 9.17) is 23.2 Å². The molecule has 0 saturated heterocycles. The molecule has 0 aliphatic rings. The van der Waals surface area contributed by atoms with Crippen LogP contribution in [0.3, 0.4) is 0 Å². The standard InChI is InChI=1S/C14H20Cl2F2N4O3S.HI/c1-19-14(20-4-3-5-22-26(2,23)24)21-8-9-6-10(15)7-11(16)12(9)25-13(17)18;/h6-7,13,22H,3-5,8H2,1-2H3,(H2,19,20,21);1H. The van der Waals surface area contributed by atoms with Crippen LogP contribution in [-0.4, -0.2) is 47.4 Å². The Morgan fingerprint density at radius 2 is 1.93 bits per heavy atom. The largest absolute Gasteiger partial charge is 0.433 e. The zero-order valence-corrected chi connectivity index (χ0v) is 19.2. The third kappa shape index (κ3) is 11.1. The first kappa shape index (κ1) is 26.4. The highest BCUT2D eigenvalue weighted by atomic mass is 127. The normalized spacial score (nSPS) is 11.9. The van der Waals surface area contributed by atoms with Crippen LogP contribution in [0.1, 0.15) is 12.0 Å². The van der Waals surface area contributed by atoms with Crippen molar-refractivity contribution in [1.82, 2.24) is 15.4 Å². The summed E-state index contributed by atoms with van der Waals surface area (Å²) in [6.45, 7) is -2.21. The van der Waals surface area contributed by atoms with Gasteiger partial charge >= 0.3 is 6.61 Å². The zero-order valence-electron chi connectivity index (χ0n) is 14.6. The lowest BCUT2D eigenvalue weighted by Gasteiger charge is -2.16. The van der Waals surface area contributed by atoms with Gasteiger partial charge in [0.2, 0.25) is 10.0 Å². The summed E-state index contributed by atoms with van der Waals surface area (Å²) in [5, 5.41) is 6.14. The summed E-state index contributed by atoms with van der Waals surface area (Å²) in [5.41, 5.74) is 0.337. The number of halogens is 5. The van der Waals surface area contributed by atoms with Crippen LogP contribution < -0.4 is 20.1 Å². The molecule has 0 fully saturated rings. The predicted molar refractivity (Wildman–Crippen MR) is 114 cm³/mol. The van der Waals surface area contributed by atoms with Crippen molar-refractivity contribution in [3.63, 3.8) is 0 Å². The Labute approximate surface area is 184 Å². The van der Waals surface area contributed by atoms with Gasteiger partial charge in [0.05, 0.1) is 11.3 Å². The molecule has 0 unspecified atom stereocenters. The maximum absolute atomic E-state index is 12.6. The number of aliphatic imine (C=N–C) groups is 1. The minimum Gasteiger partial charge on any atom is -0.433 e. The highest BCUT2D eigenvalue weighted by Crippen LogP contribution is 2.33. The van der Waals surface area contributed by atoms with Crippen LogP contribution in [0.15, 0.2) is 17.1 Å². The van der Waals surface area contributed by atoms with E-state index in [1.165, 1.54) is 19.2 Å². The molecule has 27 heavy (non-hydrogen) atoms. The Morgan fingerprint density at radius 1 is 1.26 bits per heavy atom. The number of hydrogen-bond donors (Lipinski definition) is 3. The highest BCUT2D eigenvalue weighted by Gasteiger charge is 2.15. The van der Waals surface area contributed by atoms with Crippen molar-refractivity contribution in [3.8, 4) is 5.75 Å². The summed E-state index contributed by atoms with van der Waals surface area (Å²) in [7, 11) is -1.69. The number of guanidine groups is 1. The van der Waals surface area contributed by atoms with Crippen LogP contribution in [0.2, 0.25) is 10.0 Å². The Hall–Kier alpha value is -0.630. The van der Waals surface area contributed by atoms with Crippen molar-refractivity contribution in [2.75, 3.05) is 26.4 Å². The maximum Gasteiger partial charge on any atom is 0.387 e. The molecule has 0 saturated carbocycles. The second-order valence-corrected chi connectivity index (χ2v) is 7.80. The molecule has 7 nitrogen and oxygen atoms in total. The van der Waals surface area contributed by atoms with Crippen LogP contribution in [0.25, 0.3) is 0 Å². The van der Waals surface area contributed by atoms with E-state index >= 15 is 0 Å². The molecule has 0 radical (unpaired) electrons. The summed E-state index contributed by atoms with van der Waals surface area (Å²) in [6, 6.07) is 2.77. The van der Waals surface area contributed by atoms with Gasteiger partial charge in [-0.25, -0.2) is 13.1 Å². The summed E-state index contributed by atoms with van der Waals surface area (Å²) < 4.78 is 53.8. The fourth-order valence-electron chi connectivity index (χ4n) is 1.92. The average Bonchev–Trinajstić information content (AvgIpc) is 2.51. The number of sulfonamides is 1. The van der Waals surface area contributed by atoms with E-state index in [0.29, 0.717) is 24.5 Å². The fraction of sp³-hybridized carbons (Fsp3) is 0.500. The van der Waals surface area contributed by atoms with Crippen LogP contribution in [0.5, 0.6) is 5.75 Å². The number of nitrogens with zero attached hydrogens (tertiary/aromatic N) is 1. The van der Waals surface area contributed by atoms with Crippen molar-refractivity contribution >= 4 is 63.2 Å². The van der Waals surface area contributed by atoms with Crippen molar-refractivity contribution in [2.24, 2.45) is 4.99 Å². The van der Waals surface area contributed by atoms with Gasteiger partial charge in [-0.3, -0.25) is 4.99 Å². The number of ether oxygens (including phenoxy) is 1. The van der Waals surface area contributed by atoms with Crippen LogP contribution in [0.4, 0.5) is 8.78 Å². The van der Waals surface area contributed by atoms with E-state index in [1.54, 1.807) is 0 Å². The van der Waals surface area contributed by atoms with Crippen LogP contribution in [0, 0.1) is 0 Å². The average molecular weight is 561 g/mol. The molecule has 0 atom stereocenters. The SMILES string of the molecule is CN=C(NCCCNS(C)(=O)=O)NCc1cc(Cl)cc(Cl)c1OC(F)F.I. The molecule has 0 spiro atoms. The summed E-state index contributed by atoms with van der Waals surface area (Å²) in [4.78, 5) is 3.99. The molecule has 0 bridgehead atoms. The molecular weight excluding hydrogens is 540 g/mol. The Kier molecular flexibility index (Phi) is 12.5. The third-order valence-electron chi connectivity index (χ3n) is 2.97. The van der Waals surface area contributed by atoms with Crippen molar-refractivity contribution in [1.29, 1.82) is 0 Å². The smallest absolute Gasteiger partial charge is 0.387 e. The van der Waals surface area contributed by atoms with E-state index in [9.17, 15) is 17.2 Å². The van der Waals surface area contributed by atoms with Gasteiger partial charge in [0.25, 0.3) is 0 Å². The third-order valence-corrected chi connectivity index (χ3v) is 4.20. The molecule has 1 aromatic rings. The number of rotatable bonds is 9. The monoisotopic (exact) mass is 560 g/mol. The Morgan fingerprint density at radius 3 is 2.48 bits per heavy atom. The van der Waals surface area contributed by atoms with Crippen molar-refractivity contribution < 1.29 is 21.9 Å². The van der Waals surface area contributed by atoms with Crippen LogP contribution >= 0.6 is 47.2 Å². The lowest BCUT2D eigenvalue weighted by Crippen LogP contribution is -2.38. The number of alkyl halides is 2. The number of nitrogens with one attached hydrogen (secondary N) is 3. The van der Waals surface area contributed by atoms with Gasteiger partial charge in [0, 0.05) is 37.3 Å². The minimum absolute atomic E-state index is 0. The lowest BCUT2D eigenvalue weighted by molar-refractivity contribution is -0.0504. The van der Waals surface area contributed by atoms with E-state index in [2.05, 4.69) is 25.1 Å². The van der Waals surface area contributed by atoms with Gasteiger partial charge in [0.15, 0.2) is 5.96 Å². The molecule has 13 heteroatoms. The van der Waals surface area contributed by atoms with Gasteiger partial charge in [-0.2, -0.15) is 8.78 Å². The summed E-state index contributed by atoms with van der Waals surface area (Å²) >= 11 is 11.8. The van der Waals surface area contributed by atoms with E-state index in [-0.39, 0.29) is 52.9 Å². The van der Waals surface area contributed by atoms with Crippen molar-refractivity contribution in [3.05, 3.63) is 27.7 Å². The molecule has 3 N–H and O–H groups in total. The highest BCUT2D eigenvalue weighted by molar-refractivity contribution is 14.0. The minimum atomic E-state index is -3.22. The predicted octanol–water partition coefficient (Wildman–Crippen LogP) is 2.82. The van der Waals surface area contributed by atoms with Gasteiger partial charge < -0.3 is 15.4 Å². The van der Waals surface area contributed by atoms with Gasteiger partial charge in [-0.15, -0.1) is 24.0 Å². The lowest BCUT2D eigenvalue weighted by atomic mass is 10.2. The Bertz CT molecular complexity index is 739. The molecule has 0 amide bonds. The molecule has 0 aliphatic heterocycles. The molecule has 0 aliphatic carbocycles. The second-order valence-electron chi connectivity index (χ2n) is 5.13. The van der Waals surface area contributed by atoms with E-state index < -0.39 is 16.6 Å². The van der Waals surface area contributed by atoms with Gasteiger partial charge in [-0.05, 0) is 18.6 Å². The number of hydrogen-bond acceptors (Lipinski definition) is 4. The first-order chi connectivity index (χ1) is 12.1. The zero-order chi connectivity index (χ0) is 19.7. The molecule has 156 valence electrons. The summed E-state index contributed by atoms with van der Waals surface area (Å²) in [6.07, 6.45) is 1.60. The van der Waals surface area contributed by atoms with Gasteiger partial charge in [0.1, 0.15) is 5.75 Å². The van der Waals surface area contributed by atoms with Crippen LogP contribution in [-0.2, 0) is 16.6 Å². The quantitative estimate of drug-likeness (QED) is 0.187. The van der Waals surface area contributed by atoms with Gasteiger partial charge in [-0.1, -0.05) is 23.2 Å². The Balaban J connectivity index is 0.00000676. The molecule has 0 aromatic heterocycles. The summed E-state index contributed by atoms with van der Waals surface area (Å²) in [5.74, 6) is 0.231. The molecule has 0 heterocycles. The maximum atomic E-state index is 12.6. The van der Waals surface area contributed by atoms with Crippen molar-refractivity contribution in [2.45, 2.75) is 19.6 Å². The van der Waals surface area contributed by atoms with E-state index in [0.717, 1.165) is 6.26 Å².